The lowest BCUT2D eigenvalue weighted by Gasteiger charge is -2.25. The van der Waals surface area contributed by atoms with Crippen LogP contribution in [0, 0.1) is 5.92 Å². The van der Waals surface area contributed by atoms with Gasteiger partial charge in [0.2, 0.25) is 11.8 Å². The van der Waals surface area contributed by atoms with Gasteiger partial charge in [-0.3, -0.25) is 9.59 Å². The van der Waals surface area contributed by atoms with Gasteiger partial charge in [-0.2, -0.15) is 0 Å². The zero-order valence-corrected chi connectivity index (χ0v) is 9.74. The first-order valence-corrected chi connectivity index (χ1v) is 5.99. The Morgan fingerprint density at radius 1 is 1.47 bits per heavy atom. The minimum Gasteiger partial charge on any atom is -0.376 e. The molecule has 2 fully saturated rings. The predicted octanol–water partition coefficient (Wildman–Crippen LogP) is -0.956. The molecule has 0 aliphatic carbocycles. The zero-order valence-electron chi connectivity index (χ0n) is 9.74. The summed E-state index contributed by atoms with van der Waals surface area (Å²) in [4.78, 5) is 22.7. The highest BCUT2D eigenvalue weighted by molar-refractivity contribution is 5.83. The number of hydrogen-bond donors (Lipinski definition) is 2. The normalized spacial score (nSPS) is 29.5. The number of hydrogen-bond acceptors (Lipinski definition) is 4. The second-order valence-corrected chi connectivity index (χ2v) is 4.35. The lowest BCUT2D eigenvalue weighted by Crippen LogP contribution is -2.46. The molecule has 0 aromatic rings. The van der Waals surface area contributed by atoms with Crippen LogP contribution < -0.4 is 10.6 Å². The van der Waals surface area contributed by atoms with Gasteiger partial charge >= 0.3 is 0 Å². The van der Waals surface area contributed by atoms with Gasteiger partial charge in [-0.1, -0.05) is 0 Å². The summed E-state index contributed by atoms with van der Waals surface area (Å²) in [6, 6.07) is 0. The largest absolute Gasteiger partial charge is 0.376 e. The summed E-state index contributed by atoms with van der Waals surface area (Å²) in [5.41, 5.74) is 0. The lowest BCUT2D eigenvalue weighted by molar-refractivity contribution is -0.130. The Balaban J connectivity index is 1.67. The van der Waals surface area contributed by atoms with Crippen molar-refractivity contribution in [3.05, 3.63) is 0 Å². The van der Waals surface area contributed by atoms with Crippen molar-refractivity contribution in [2.75, 3.05) is 32.9 Å². The summed E-state index contributed by atoms with van der Waals surface area (Å²) >= 11 is 0. The molecule has 6 heteroatoms. The van der Waals surface area contributed by atoms with E-state index in [0.717, 1.165) is 0 Å². The van der Waals surface area contributed by atoms with E-state index >= 15 is 0 Å². The van der Waals surface area contributed by atoms with E-state index in [2.05, 4.69) is 10.6 Å². The SMILES string of the molecule is O=C1CCC(C(=O)NCC2COCCO2)CN1. The summed E-state index contributed by atoms with van der Waals surface area (Å²) in [5.74, 6) is -0.102. The first-order chi connectivity index (χ1) is 8.25. The van der Waals surface area contributed by atoms with Crippen molar-refractivity contribution in [1.82, 2.24) is 10.6 Å². The molecule has 2 rings (SSSR count). The molecular formula is C11H18N2O4. The van der Waals surface area contributed by atoms with E-state index in [9.17, 15) is 9.59 Å². The van der Waals surface area contributed by atoms with E-state index in [1.54, 1.807) is 0 Å². The molecule has 2 aliphatic heterocycles. The highest BCUT2D eigenvalue weighted by Gasteiger charge is 2.25. The fourth-order valence-electron chi connectivity index (χ4n) is 1.97. The van der Waals surface area contributed by atoms with Crippen LogP contribution in [0.5, 0.6) is 0 Å². The van der Waals surface area contributed by atoms with E-state index in [1.807, 2.05) is 0 Å². The van der Waals surface area contributed by atoms with Crippen LogP contribution in [0.4, 0.5) is 0 Å². The summed E-state index contributed by atoms with van der Waals surface area (Å²) in [6.45, 7) is 2.65. The highest BCUT2D eigenvalue weighted by Crippen LogP contribution is 2.10. The zero-order chi connectivity index (χ0) is 12.1. The number of piperidine rings is 1. The van der Waals surface area contributed by atoms with Crippen LogP contribution in [-0.2, 0) is 19.1 Å². The molecule has 17 heavy (non-hydrogen) atoms. The van der Waals surface area contributed by atoms with Crippen LogP contribution in [0.1, 0.15) is 12.8 Å². The highest BCUT2D eigenvalue weighted by atomic mass is 16.6. The molecule has 2 unspecified atom stereocenters. The van der Waals surface area contributed by atoms with E-state index in [1.165, 1.54) is 0 Å². The molecule has 0 radical (unpaired) electrons. The maximum atomic E-state index is 11.8. The van der Waals surface area contributed by atoms with Gasteiger partial charge in [0.05, 0.1) is 31.8 Å². The van der Waals surface area contributed by atoms with Gasteiger partial charge in [0, 0.05) is 19.5 Å². The molecule has 0 saturated carbocycles. The average molecular weight is 242 g/mol. The second kappa shape index (κ2) is 5.97. The summed E-state index contributed by atoms with van der Waals surface area (Å²) in [7, 11) is 0. The summed E-state index contributed by atoms with van der Waals surface area (Å²) in [5, 5.41) is 5.54. The topological polar surface area (TPSA) is 76.7 Å². The Hall–Kier alpha value is -1.14. The number of rotatable bonds is 3. The van der Waals surface area contributed by atoms with Crippen molar-refractivity contribution in [2.45, 2.75) is 18.9 Å². The van der Waals surface area contributed by atoms with Crippen molar-refractivity contribution < 1.29 is 19.1 Å². The third-order valence-corrected chi connectivity index (χ3v) is 3.03. The van der Waals surface area contributed by atoms with Gasteiger partial charge in [0.15, 0.2) is 0 Å². The lowest BCUT2D eigenvalue weighted by atomic mass is 9.98. The van der Waals surface area contributed by atoms with Crippen molar-refractivity contribution in [3.8, 4) is 0 Å². The van der Waals surface area contributed by atoms with Gasteiger partial charge in [-0.25, -0.2) is 0 Å². The van der Waals surface area contributed by atoms with Crippen LogP contribution >= 0.6 is 0 Å². The maximum absolute atomic E-state index is 11.8. The molecule has 2 heterocycles. The number of carbonyl (C=O) groups is 2. The maximum Gasteiger partial charge on any atom is 0.224 e. The standard InChI is InChI=1S/C11H18N2O4/c14-10-2-1-8(5-12-10)11(15)13-6-9-7-16-3-4-17-9/h8-9H,1-7H2,(H,12,14)(H,13,15). The van der Waals surface area contributed by atoms with Crippen molar-refractivity contribution >= 4 is 11.8 Å². The van der Waals surface area contributed by atoms with Crippen LogP contribution in [-0.4, -0.2) is 50.8 Å². The number of nitrogens with one attached hydrogen (secondary N) is 2. The van der Waals surface area contributed by atoms with Crippen molar-refractivity contribution in [3.63, 3.8) is 0 Å². The Morgan fingerprint density at radius 2 is 2.35 bits per heavy atom. The molecule has 0 aromatic carbocycles. The van der Waals surface area contributed by atoms with Crippen molar-refractivity contribution in [2.24, 2.45) is 5.92 Å². The molecule has 96 valence electrons. The minimum atomic E-state index is -0.114. The first kappa shape index (κ1) is 12.3. The van der Waals surface area contributed by atoms with Gasteiger partial charge in [-0.05, 0) is 6.42 Å². The number of ether oxygens (including phenoxy) is 2. The quantitative estimate of drug-likeness (QED) is 0.668. The molecular weight excluding hydrogens is 224 g/mol. The Morgan fingerprint density at radius 3 is 3.00 bits per heavy atom. The Bertz CT molecular complexity index is 279. The van der Waals surface area contributed by atoms with E-state index in [0.29, 0.717) is 45.8 Å². The third kappa shape index (κ3) is 3.67. The van der Waals surface area contributed by atoms with E-state index < -0.39 is 0 Å². The summed E-state index contributed by atoms with van der Waals surface area (Å²) in [6.07, 6.45) is 1.01. The van der Waals surface area contributed by atoms with Gasteiger partial charge in [-0.15, -0.1) is 0 Å². The van der Waals surface area contributed by atoms with Gasteiger partial charge in [0.1, 0.15) is 0 Å². The molecule has 2 saturated heterocycles. The van der Waals surface area contributed by atoms with Crippen LogP contribution in [0.25, 0.3) is 0 Å². The van der Waals surface area contributed by atoms with Crippen LogP contribution in [0.2, 0.25) is 0 Å². The first-order valence-electron chi connectivity index (χ1n) is 5.99. The molecule has 0 bridgehead atoms. The second-order valence-electron chi connectivity index (χ2n) is 4.35. The molecule has 2 aliphatic rings. The smallest absolute Gasteiger partial charge is 0.224 e. The molecule has 2 amide bonds. The fourth-order valence-corrected chi connectivity index (χ4v) is 1.97. The Kier molecular flexibility index (Phi) is 4.33. The molecule has 2 atom stereocenters. The number of amides is 2. The molecule has 0 aromatic heterocycles. The minimum absolute atomic E-state index is 0.0147. The Labute approximate surface area is 100 Å². The van der Waals surface area contributed by atoms with E-state index in [-0.39, 0.29) is 23.8 Å². The molecule has 2 N–H and O–H groups in total. The monoisotopic (exact) mass is 242 g/mol. The van der Waals surface area contributed by atoms with Gasteiger partial charge in [0.25, 0.3) is 0 Å². The van der Waals surface area contributed by atoms with Crippen molar-refractivity contribution in [1.29, 1.82) is 0 Å². The van der Waals surface area contributed by atoms with Crippen LogP contribution in [0.15, 0.2) is 0 Å². The average Bonchev–Trinajstić information content (AvgIpc) is 2.38. The summed E-state index contributed by atoms with van der Waals surface area (Å²) < 4.78 is 10.7. The van der Waals surface area contributed by atoms with Crippen LogP contribution in [0.3, 0.4) is 0 Å². The van der Waals surface area contributed by atoms with E-state index in [4.69, 9.17) is 9.47 Å². The third-order valence-electron chi connectivity index (χ3n) is 3.03. The number of carbonyl (C=O) groups excluding carboxylic acids is 2. The predicted molar refractivity (Wildman–Crippen MR) is 59.3 cm³/mol. The van der Waals surface area contributed by atoms with Gasteiger partial charge < -0.3 is 20.1 Å². The molecule has 0 spiro atoms. The fraction of sp³-hybridized carbons (Fsp3) is 0.818. The molecule has 6 nitrogen and oxygen atoms in total.